The van der Waals surface area contributed by atoms with Crippen LogP contribution < -0.4 is 5.32 Å². The molecule has 0 spiro atoms. The zero-order valence-corrected chi connectivity index (χ0v) is 10.7. The molecule has 0 aromatic heterocycles. The van der Waals surface area contributed by atoms with E-state index in [9.17, 15) is 4.79 Å². The minimum absolute atomic E-state index is 0.183. The van der Waals surface area contributed by atoms with Gasteiger partial charge in [0.15, 0.2) is 0 Å². The van der Waals surface area contributed by atoms with Crippen LogP contribution in [0.3, 0.4) is 0 Å². The zero-order chi connectivity index (χ0) is 13.0. The van der Waals surface area contributed by atoms with Crippen LogP contribution in [0.4, 0.5) is 0 Å². The molecule has 0 amide bonds. The van der Waals surface area contributed by atoms with Gasteiger partial charge in [-0.15, -0.1) is 0 Å². The van der Waals surface area contributed by atoms with Gasteiger partial charge in [-0.2, -0.15) is 0 Å². The summed E-state index contributed by atoms with van der Waals surface area (Å²) in [6.45, 7) is 3.49. The van der Waals surface area contributed by atoms with Crippen LogP contribution in [0.1, 0.15) is 30.9 Å². The summed E-state index contributed by atoms with van der Waals surface area (Å²) in [4.78, 5) is 10.4. The molecule has 1 aliphatic carbocycles. The lowest BCUT2D eigenvalue weighted by molar-refractivity contribution is -0.136. The molecule has 2 rings (SSSR count). The fraction of sp³-hybridized carbons (Fsp3) is 0.400. The highest BCUT2D eigenvalue weighted by atomic mass is 16.4. The van der Waals surface area contributed by atoms with Gasteiger partial charge in [-0.25, -0.2) is 0 Å². The Bertz CT molecular complexity index is 477. The van der Waals surface area contributed by atoms with Crippen LogP contribution in [0.2, 0.25) is 0 Å². The lowest BCUT2D eigenvalue weighted by atomic mass is 9.86. The van der Waals surface area contributed by atoms with Crippen LogP contribution in [-0.4, -0.2) is 24.2 Å². The molecule has 0 aliphatic heterocycles. The second-order valence-corrected chi connectivity index (χ2v) is 4.71. The molecule has 0 heterocycles. The number of aryl methyl sites for hydroxylation is 1. The molecule has 3 nitrogen and oxygen atoms in total. The summed E-state index contributed by atoms with van der Waals surface area (Å²) in [7, 11) is 0. The number of benzene rings is 1. The summed E-state index contributed by atoms with van der Waals surface area (Å²) >= 11 is 0. The second kappa shape index (κ2) is 5.83. The highest BCUT2D eigenvalue weighted by Crippen LogP contribution is 2.30. The quantitative estimate of drug-likeness (QED) is 0.783. The molecule has 2 N–H and O–H groups in total. The Labute approximate surface area is 108 Å². The van der Waals surface area contributed by atoms with Gasteiger partial charge in [0.25, 0.3) is 0 Å². The van der Waals surface area contributed by atoms with Gasteiger partial charge in [-0.3, -0.25) is 4.79 Å². The van der Waals surface area contributed by atoms with E-state index in [1.165, 1.54) is 22.3 Å². The number of nitrogens with one attached hydrogen (secondary N) is 1. The van der Waals surface area contributed by atoms with Gasteiger partial charge in [0.2, 0.25) is 0 Å². The molecular formula is C15H19NO2. The number of fused-ring (bicyclic) bond motifs is 1. The van der Waals surface area contributed by atoms with Gasteiger partial charge in [0, 0.05) is 13.1 Å². The maximum atomic E-state index is 10.4. The van der Waals surface area contributed by atoms with Crippen molar-refractivity contribution in [3.63, 3.8) is 0 Å². The third kappa shape index (κ3) is 2.99. The van der Waals surface area contributed by atoms with Crippen LogP contribution in [0.25, 0.3) is 5.57 Å². The smallest absolute Gasteiger partial charge is 0.304 e. The first kappa shape index (κ1) is 12.8. The lowest BCUT2D eigenvalue weighted by Gasteiger charge is -2.21. The number of carboxylic acid groups (broad SMARTS) is 1. The summed E-state index contributed by atoms with van der Waals surface area (Å²) in [6, 6.07) is 8.51. The molecule has 0 bridgehead atoms. The molecule has 0 radical (unpaired) electrons. The number of carboxylic acids is 1. The monoisotopic (exact) mass is 245 g/mol. The van der Waals surface area contributed by atoms with Crippen molar-refractivity contribution >= 4 is 11.5 Å². The van der Waals surface area contributed by atoms with E-state index in [0.717, 1.165) is 19.4 Å². The Morgan fingerprint density at radius 3 is 2.89 bits per heavy atom. The van der Waals surface area contributed by atoms with Gasteiger partial charge < -0.3 is 10.4 Å². The normalized spacial score (nSPS) is 14.5. The number of aliphatic carboxylic acids is 1. The van der Waals surface area contributed by atoms with Crippen LogP contribution in [0.5, 0.6) is 0 Å². The van der Waals surface area contributed by atoms with Gasteiger partial charge in [-0.05, 0) is 36.5 Å². The fourth-order valence-electron chi connectivity index (χ4n) is 2.42. The summed E-state index contributed by atoms with van der Waals surface area (Å²) in [5, 5.41) is 11.8. The predicted molar refractivity (Wildman–Crippen MR) is 72.5 cm³/mol. The highest BCUT2D eigenvalue weighted by Gasteiger charge is 2.14. The van der Waals surface area contributed by atoms with Crippen molar-refractivity contribution in [1.82, 2.24) is 5.32 Å². The third-order valence-corrected chi connectivity index (χ3v) is 3.50. The van der Waals surface area contributed by atoms with E-state index < -0.39 is 5.97 Å². The van der Waals surface area contributed by atoms with Gasteiger partial charge in [0.05, 0.1) is 6.42 Å². The minimum Gasteiger partial charge on any atom is -0.481 e. The van der Waals surface area contributed by atoms with Gasteiger partial charge >= 0.3 is 5.97 Å². The van der Waals surface area contributed by atoms with E-state index in [-0.39, 0.29) is 6.42 Å². The van der Waals surface area contributed by atoms with Crippen LogP contribution in [0.15, 0.2) is 29.8 Å². The molecule has 3 heteroatoms. The number of hydrogen-bond donors (Lipinski definition) is 2. The summed E-state index contributed by atoms with van der Waals surface area (Å²) in [6.07, 6.45) is 2.34. The second-order valence-electron chi connectivity index (χ2n) is 4.71. The summed E-state index contributed by atoms with van der Waals surface area (Å²) in [5.41, 5.74) is 5.52. The molecular weight excluding hydrogens is 226 g/mol. The van der Waals surface area contributed by atoms with E-state index in [4.69, 9.17) is 5.11 Å². The zero-order valence-electron chi connectivity index (χ0n) is 10.7. The SMILES string of the molecule is CC1=C(CNCCC(=O)O)CCc2ccccc21. The first-order valence-corrected chi connectivity index (χ1v) is 6.38. The molecule has 18 heavy (non-hydrogen) atoms. The van der Waals surface area contributed by atoms with Crippen molar-refractivity contribution in [2.45, 2.75) is 26.2 Å². The van der Waals surface area contributed by atoms with Crippen molar-refractivity contribution in [2.24, 2.45) is 0 Å². The first-order chi connectivity index (χ1) is 8.68. The molecule has 1 aliphatic rings. The number of carbonyl (C=O) groups is 1. The average molecular weight is 245 g/mol. The first-order valence-electron chi connectivity index (χ1n) is 6.38. The van der Waals surface area contributed by atoms with Crippen LogP contribution >= 0.6 is 0 Å². The molecule has 96 valence electrons. The highest BCUT2D eigenvalue weighted by molar-refractivity contribution is 5.71. The molecule has 0 saturated heterocycles. The van der Waals surface area contributed by atoms with Crippen molar-refractivity contribution in [2.75, 3.05) is 13.1 Å². The van der Waals surface area contributed by atoms with E-state index in [0.29, 0.717) is 6.54 Å². The predicted octanol–water partition coefficient (Wildman–Crippen LogP) is 2.47. The molecule has 1 aromatic carbocycles. The third-order valence-electron chi connectivity index (χ3n) is 3.50. The van der Waals surface area contributed by atoms with E-state index in [1.807, 2.05) is 0 Å². The Kier molecular flexibility index (Phi) is 4.15. The lowest BCUT2D eigenvalue weighted by Crippen LogP contribution is -2.22. The molecule has 0 atom stereocenters. The van der Waals surface area contributed by atoms with Crippen molar-refractivity contribution in [3.8, 4) is 0 Å². The maximum absolute atomic E-state index is 10.4. The largest absolute Gasteiger partial charge is 0.481 e. The Balaban J connectivity index is 1.99. The average Bonchev–Trinajstić information content (AvgIpc) is 2.37. The summed E-state index contributed by atoms with van der Waals surface area (Å²) in [5.74, 6) is -0.748. The van der Waals surface area contributed by atoms with E-state index in [1.54, 1.807) is 0 Å². The van der Waals surface area contributed by atoms with Crippen LogP contribution in [0, 0.1) is 0 Å². The number of rotatable bonds is 5. The topological polar surface area (TPSA) is 49.3 Å². The minimum atomic E-state index is -0.748. The summed E-state index contributed by atoms with van der Waals surface area (Å²) < 4.78 is 0. The van der Waals surface area contributed by atoms with Gasteiger partial charge in [-0.1, -0.05) is 29.8 Å². The van der Waals surface area contributed by atoms with Gasteiger partial charge in [0.1, 0.15) is 0 Å². The Morgan fingerprint density at radius 2 is 2.11 bits per heavy atom. The van der Waals surface area contributed by atoms with Crippen molar-refractivity contribution < 1.29 is 9.90 Å². The number of hydrogen-bond acceptors (Lipinski definition) is 2. The Morgan fingerprint density at radius 1 is 1.33 bits per heavy atom. The molecule has 1 aromatic rings. The van der Waals surface area contributed by atoms with Crippen molar-refractivity contribution in [1.29, 1.82) is 0 Å². The standard InChI is InChI=1S/C15H19NO2/c1-11-13(10-16-9-8-15(17)18)7-6-12-4-2-3-5-14(11)12/h2-5,16H,6-10H2,1H3,(H,17,18). The maximum Gasteiger partial charge on any atom is 0.304 e. The van der Waals surface area contributed by atoms with E-state index in [2.05, 4.69) is 36.5 Å². The Hall–Kier alpha value is -1.61. The molecule has 0 saturated carbocycles. The molecule has 0 fully saturated rings. The van der Waals surface area contributed by atoms with E-state index >= 15 is 0 Å². The number of allylic oxidation sites excluding steroid dienone is 1. The van der Waals surface area contributed by atoms with Crippen molar-refractivity contribution in [3.05, 3.63) is 41.0 Å². The fourth-order valence-corrected chi connectivity index (χ4v) is 2.42. The molecule has 0 unspecified atom stereocenters. The van der Waals surface area contributed by atoms with Crippen LogP contribution in [-0.2, 0) is 11.2 Å².